The van der Waals surface area contributed by atoms with Crippen molar-refractivity contribution in [2.75, 3.05) is 13.3 Å². The Balaban J connectivity index is 1.56. The lowest BCUT2D eigenvalue weighted by molar-refractivity contribution is -0.142. The van der Waals surface area contributed by atoms with E-state index < -0.39 is 34.0 Å². The summed E-state index contributed by atoms with van der Waals surface area (Å²) < 4.78 is 32.1. The highest BCUT2D eigenvalue weighted by molar-refractivity contribution is 7.89. The highest BCUT2D eigenvalue weighted by Crippen LogP contribution is 2.22. The van der Waals surface area contributed by atoms with Gasteiger partial charge in [-0.2, -0.15) is 4.31 Å². The van der Waals surface area contributed by atoms with Crippen LogP contribution in [-0.2, 0) is 46.8 Å². The van der Waals surface area contributed by atoms with Gasteiger partial charge < -0.3 is 20.6 Å². The number of ether oxygens (including phenoxy) is 1. The first kappa shape index (κ1) is 30.8. The Hall–Kier alpha value is -3.74. The third kappa shape index (κ3) is 8.63. The molecule has 2 unspecified atom stereocenters. The number of carboxylic acids is 1. The van der Waals surface area contributed by atoms with E-state index in [1.165, 1.54) is 12.1 Å². The third-order valence-electron chi connectivity index (χ3n) is 6.35. The number of nitrogens with one attached hydrogen (secondary N) is 2. The molecule has 1 heterocycles. The van der Waals surface area contributed by atoms with Crippen molar-refractivity contribution in [1.82, 2.24) is 9.62 Å². The highest BCUT2D eigenvalue weighted by atomic mass is 32.2. The lowest BCUT2D eigenvalue weighted by atomic mass is 10.00. The van der Waals surface area contributed by atoms with E-state index in [-0.39, 0.29) is 61.9 Å². The summed E-state index contributed by atoms with van der Waals surface area (Å²) in [6.45, 7) is 1.04. The van der Waals surface area contributed by atoms with Crippen molar-refractivity contribution in [2.45, 2.75) is 62.4 Å². The zero-order valence-corrected chi connectivity index (χ0v) is 23.0. The second-order valence-electron chi connectivity index (χ2n) is 9.71. The van der Waals surface area contributed by atoms with E-state index in [1.54, 1.807) is 49.4 Å². The maximum atomic E-state index is 13.0. The average Bonchev–Trinajstić information content (AvgIpc) is 3.41. The predicted molar refractivity (Wildman–Crippen MR) is 145 cm³/mol. The van der Waals surface area contributed by atoms with E-state index in [0.717, 1.165) is 9.87 Å². The molecule has 1 fully saturated rings. The van der Waals surface area contributed by atoms with Crippen LogP contribution in [0.15, 0.2) is 59.5 Å². The van der Waals surface area contributed by atoms with Gasteiger partial charge in [-0.3, -0.25) is 14.4 Å². The van der Waals surface area contributed by atoms with Gasteiger partial charge in [0.05, 0.1) is 11.5 Å². The van der Waals surface area contributed by atoms with Gasteiger partial charge in [-0.15, -0.1) is 0 Å². The molecule has 2 aromatic carbocycles. The standard InChI is InChI=1S/C28H33N3O8S/c1-19(29)14-22(32)6-5-7-23(33)15-20-10-12-21(13-11-20)16-25(28(35)36)30-27(34)26-17-39-18-31(26)40(37,38)24-8-3-2-4-9-24/h2-4,8-13,25-26,29H,5-7,14-18H2,1H3,(H,30,34)(H,35,36). The fourth-order valence-electron chi connectivity index (χ4n) is 4.28. The summed E-state index contributed by atoms with van der Waals surface area (Å²) in [5, 5.41) is 19.5. The minimum Gasteiger partial charge on any atom is -0.480 e. The molecule has 1 aliphatic heterocycles. The Morgan fingerprint density at radius 1 is 1.02 bits per heavy atom. The Labute approximate surface area is 233 Å². The Kier molecular flexibility index (Phi) is 10.8. The largest absolute Gasteiger partial charge is 0.480 e. The molecule has 0 aromatic heterocycles. The molecule has 214 valence electrons. The van der Waals surface area contributed by atoms with Gasteiger partial charge in [0.25, 0.3) is 0 Å². The van der Waals surface area contributed by atoms with E-state index >= 15 is 0 Å². The summed E-state index contributed by atoms with van der Waals surface area (Å²) in [6.07, 6.45) is 1.16. The number of Topliss-reactive ketones (excluding diaryl/α,β-unsaturated/α-hetero) is 2. The van der Waals surface area contributed by atoms with Crippen molar-refractivity contribution < 1.29 is 37.4 Å². The quantitative estimate of drug-likeness (QED) is 0.273. The average molecular weight is 572 g/mol. The van der Waals surface area contributed by atoms with Crippen molar-refractivity contribution in [1.29, 1.82) is 5.41 Å². The number of benzene rings is 2. The van der Waals surface area contributed by atoms with Gasteiger partial charge in [0.2, 0.25) is 15.9 Å². The number of sulfonamides is 1. The molecule has 0 aliphatic carbocycles. The van der Waals surface area contributed by atoms with Crippen LogP contribution in [-0.4, -0.2) is 72.4 Å². The van der Waals surface area contributed by atoms with Gasteiger partial charge in [-0.25, -0.2) is 13.2 Å². The summed E-state index contributed by atoms with van der Waals surface area (Å²) >= 11 is 0. The van der Waals surface area contributed by atoms with Crippen LogP contribution >= 0.6 is 0 Å². The van der Waals surface area contributed by atoms with Gasteiger partial charge in [-0.05, 0) is 36.6 Å². The van der Waals surface area contributed by atoms with Gasteiger partial charge in [0.15, 0.2) is 0 Å². The van der Waals surface area contributed by atoms with Gasteiger partial charge in [-0.1, -0.05) is 42.5 Å². The van der Waals surface area contributed by atoms with Crippen LogP contribution in [0.25, 0.3) is 0 Å². The molecule has 3 rings (SSSR count). The predicted octanol–water partition coefficient (Wildman–Crippen LogP) is 2.13. The SMILES string of the molecule is CC(=N)CC(=O)CCCC(=O)Cc1ccc(CC(NC(=O)C2COCN2S(=O)(=O)c2ccccc2)C(=O)O)cc1. The highest BCUT2D eigenvalue weighted by Gasteiger charge is 2.41. The van der Waals surface area contributed by atoms with Crippen molar-refractivity contribution in [3.05, 3.63) is 65.7 Å². The van der Waals surface area contributed by atoms with Crippen molar-refractivity contribution in [3.8, 4) is 0 Å². The second-order valence-corrected chi connectivity index (χ2v) is 11.6. The molecule has 1 saturated heterocycles. The van der Waals surface area contributed by atoms with Crippen LogP contribution in [0, 0.1) is 5.41 Å². The number of carbonyl (C=O) groups is 4. The molecule has 0 spiro atoms. The van der Waals surface area contributed by atoms with E-state index in [1.807, 2.05) is 0 Å². The van der Waals surface area contributed by atoms with Crippen LogP contribution in [0.4, 0.5) is 0 Å². The van der Waals surface area contributed by atoms with E-state index in [0.29, 0.717) is 17.7 Å². The number of hydrogen-bond acceptors (Lipinski definition) is 8. The summed E-state index contributed by atoms with van der Waals surface area (Å²) in [6, 6.07) is 11.8. The normalized spacial score (nSPS) is 16.3. The van der Waals surface area contributed by atoms with Crippen molar-refractivity contribution >= 4 is 39.2 Å². The summed E-state index contributed by atoms with van der Waals surface area (Å²) in [5.74, 6) is -2.15. The van der Waals surface area contributed by atoms with Gasteiger partial charge >= 0.3 is 5.97 Å². The third-order valence-corrected chi connectivity index (χ3v) is 8.19. The number of nitrogens with zero attached hydrogens (tertiary/aromatic N) is 1. The number of ketones is 2. The second kappa shape index (κ2) is 14.1. The molecule has 0 saturated carbocycles. The Morgan fingerprint density at radius 3 is 2.27 bits per heavy atom. The van der Waals surface area contributed by atoms with Crippen LogP contribution in [0.3, 0.4) is 0 Å². The molecule has 3 N–H and O–H groups in total. The minimum absolute atomic E-state index is 0.00183. The van der Waals surface area contributed by atoms with Crippen LogP contribution < -0.4 is 5.32 Å². The molecule has 1 aliphatic rings. The first-order valence-corrected chi connectivity index (χ1v) is 14.2. The Morgan fingerprint density at radius 2 is 1.65 bits per heavy atom. The van der Waals surface area contributed by atoms with Crippen LogP contribution in [0.2, 0.25) is 0 Å². The zero-order valence-electron chi connectivity index (χ0n) is 22.2. The molecule has 1 amide bonds. The van der Waals surface area contributed by atoms with E-state index in [2.05, 4.69) is 5.32 Å². The zero-order chi connectivity index (χ0) is 29.3. The molecule has 0 bridgehead atoms. The molecule has 2 aromatic rings. The van der Waals surface area contributed by atoms with Crippen LogP contribution in [0.1, 0.15) is 43.7 Å². The number of amides is 1. The van der Waals surface area contributed by atoms with Gasteiger partial charge in [0.1, 0.15) is 30.4 Å². The van der Waals surface area contributed by atoms with Crippen molar-refractivity contribution in [3.63, 3.8) is 0 Å². The molecule has 12 heteroatoms. The summed E-state index contributed by atoms with van der Waals surface area (Å²) in [4.78, 5) is 48.8. The summed E-state index contributed by atoms with van der Waals surface area (Å²) in [5.41, 5.74) is 1.63. The number of carboxylic acid groups (broad SMARTS) is 1. The maximum absolute atomic E-state index is 13.0. The number of aliphatic carboxylic acids is 1. The molecule has 11 nitrogen and oxygen atoms in total. The molecule has 2 atom stereocenters. The molecule has 40 heavy (non-hydrogen) atoms. The number of rotatable bonds is 15. The number of carbonyl (C=O) groups excluding carboxylic acids is 3. The smallest absolute Gasteiger partial charge is 0.326 e. The summed E-state index contributed by atoms with van der Waals surface area (Å²) in [7, 11) is -4.03. The monoisotopic (exact) mass is 571 g/mol. The van der Waals surface area contributed by atoms with E-state index in [9.17, 15) is 32.7 Å². The molecular weight excluding hydrogens is 538 g/mol. The van der Waals surface area contributed by atoms with E-state index in [4.69, 9.17) is 10.1 Å². The fraction of sp³-hybridized carbons (Fsp3) is 0.393. The maximum Gasteiger partial charge on any atom is 0.326 e. The lowest BCUT2D eigenvalue weighted by Gasteiger charge is -2.23. The molecular formula is C28H33N3O8S. The topological polar surface area (TPSA) is 171 Å². The number of hydrogen-bond donors (Lipinski definition) is 3. The minimum atomic E-state index is -4.03. The molecule has 0 radical (unpaired) electrons. The van der Waals surface area contributed by atoms with Crippen molar-refractivity contribution in [2.24, 2.45) is 0 Å². The van der Waals surface area contributed by atoms with Crippen LogP contribution in [0.5, 0.6) is 0 Å². The first-order valence-electron chi connectivity index (χ1n) is 12.8. The fourth-order valence-corrected chi connectivity index (χ4v) is 5.76. The first-order chi connectivity index (χ1) is 19.0. The Bertz CT molecular complexity index is 1340. The lowest BCUT2D eigenvalue weighted by Crippen LogP contribution is -2.52. The van der Waals surface area contributed by atoms with Gasteiger partial charge in [0, 0.05) is 37.8 Å².